The number of benzene rings is 2. The molecule has 6 nitrogen and oxygen atoms in total. The summed E-state index contributed by atoms with van der Waals surface area (Å²) in [6.45, 7) is 0.902. The number of amides is 1. The van der Waals surface area contributed by atoms with Crippen LogP contribution in [-0.4, -0.2) is 38.3 Å². The fourth-order valence-electron chi connectivity index (χ4n) is 2.99. The van der Waals surface area contributed by atoms with Gasteiger partial charge in [-0.3, -0.25) is 4.79 Å². The summed E-state index contributed by atoms with van der Waals surface area (Å²) in [5.41, 5.74) is 0.516. The number of hydrogen-bond donors (Lipinski definition) is 2. The van der Waals surface area contributed by atoms with Gasteiger partial charge in [-0.2, -0.15) is 4.31 Å². The Morgan fingerprint density at radius 1 is 1.11 bits per heavy atom. The molecule has 9 heteroatoms. The smallest absolute Gasteiger partial charge is 0.243 e. The lowest BCUT2D eigenvalue weighted by Gasteiger charge is -2.26. The van der Waals surface area contributed by atoms with Crippen molar-refractivity contribution < 1.29 is 17.6 Å². The molecule has 0 radical (unpaired) electrons. The molecule has 2 aromatic rings. The molecule has 2 N–H and O–H groups in total. The van der Waals surface area contributed by atoms with Crippen molar-refractivity contribution in [3.8, 4) is 0 Å². The molecule has 0 aliphatic carbocycles. The van der Waals surface area contributed by atoms with E-state index < -0.39 is 21.7 Å². The third-order valence-electron chi connectivity index (χ3n) is 4.45. The number of sulfonamides is 1. The molecule has 1 heterocycles. The topological polar surface area (TPSA) is 78.5 Å². The predicted molar refractivity (Wildman–Crippen MR) is 108 cm³/mol. The maximum absolute atomic E-state index is 13.7. The van der Waals surface area contributed by atoms with Crippen LogP contribution in [0.15, 0.2) is 47.4 Å². The summed E-state index contributed by atoms with van der Waals surface area (Å²) >= 11 is 5.68. The van der Waals surface area contributed by atoms with Gasteiger partial charge in [0.05, 0.1) is 17.1 Å². The van der Waals surface area contributed by atoms with E-state index in [0.717, 1.165) is 25.3 Å². The van der Waals surface area contributed by atoms with Crippen LogP contribution >= 0.6 is 11.6 Å². The van der Waals surface area contributed by atoms with E-state index in [-0.39, 0.29) is 22.2 Å². The van der Waals surface area contributed by atoms with E-state index >= 15 is 0 Å². The number of carbonyl (C=O) groups is 1. The maximum atomic E-state index is 13.7. The van der Waals surface area contributed by atoms with Crippen LogP contribution in [0.3, 0.4) is 0 Å². The number of rotatable bonds is 6. The summed E-state index contributed by atoms with van der Waals surface area (Å²) in [6.07, 6.45) is 2.76. The number of nitrogens with zero attached hydrogens (tertiary/aromatic N) is 1. The first-order valence-electron chi connectivity index (χ1n) is 8.95. The minimum atomic E-state index is -3.55. The van der Waals surface area contributed by atoms with Gasteiger partial charge in [-0.25, -0.2) is 12.8 Å². The van der Waals surface area contributed by atoms with Crippen LogP contribution < -0.4 is 10.6 Å². The van der Waals surface area contributed by atoms with E-state index in [9.17, 15) is 17.6 Å². The molecule has 0 atom stereocenters. The van der Waals surface area contributed by atoms with Crippen molar-refractivity contribution in [3.63, 3.8) is 0 Å². The molecular weight excluding hydrogens is 405 g/mol. The molecule has 28 heavy (non-hydrogen) atoms. The van der Waals surface area contributed by atoms with E-state index in [2.05, 4.69) is 10.6 Å². The third-order valence-corrected chi connectivity index (χ3v) is 6.57. The van der Waals surface area contributed by atoms with Crippen molar-refractivity contribution in [2.24, 2.45) is 0 Å². The van der Waals surface area contributed by atoms with Crippen LogP contribution in [0.4, 0.5) is 15.8 Å². The summed E-state index contributed by atoms with van der Waals surface area (Å²) in [7, 11) is -3.55. The Kier molecular flexibility index (Phi) is 6.53. The van der Waals surface area contributed by atoms with Gasteiger partial charge in [0.25, 0.3) is 0 Å². The van der Waals surface area contributed by atoms with E-state index in [0.29, 0.717) is 18.8 Å². The van der Waals surface area contributed by atoms with Crippen molar-refractivity contribution in [1.82, 2.24) is 4.31 Å². The Morgan fingerprint density at radius 2 is 1.86 bits per heavy atom. The predicted octanol–water partition coefficient (Wildman–Crippen LogP) is 3.70. The number of piperidine rings is 1. The van der Waals surface area contributed by atoms with Crippen LogP contribution in [-0.2, 0) is 14.8 Å². The van der Waals surface area contributed by atoms with Gasteiger partial charge in [-0.1, -0.05) is 24.1 Å². The molecule has 0 bridgehead atoms. The monoisotopic (exact) mass is 425 g/mol. The molecular formula is C19H21ClFN3O3S. The van der Waals surface area contributed by atoms with E-state index in [1.165, 1.54) is 28.6 Å². The summed E-state index contributed by atoms with van der Waals surface area (Å²) in [4.78, 5) is 12.2. The SMILES string of the molecule is O=C(CNc1cccc(S(=O)(=O)N2CCCCC2)c1)Nc1ccc(Cl)cc1F. The summed E-state index contributed by atoms with van der Waals surface area (Å²) in [6, 6.07) is 10.3. The number of halogens is 2. The quantitative estimate of drug-likeness (QED) is 0.739. The number of anilines is 2. The molecule has 1 fully saturated rings. The van der Waals surface area contributed by atoms with Crippen molar-refractivity contribution in [3.05, 3.63) is 53.3 Å². The highest BCUT2D eigenvalue weighted by molar-refractivity contribution is 7.89. The Labute approximate surface area is 168 Å². The molecule has 1 saturated heterocycles. The van der Waals surface area contributed by atoms with E-state index in [1.807, 2.05) is 0 Å². The van der Waals surface area contributed by atoms with Crippen LogP contribution in [0.25, 0.3) is 0 Å². The number of nitrogens with one attached hydrogen (secondary N) is 2. The highest BCUT2D eigenvalue weighted by Crippen LogP contribution is 2.23. The molecule has 0 aromatic heterocycles. The molecule has 0 unspecified atom stereocenters. The molecule has 0 spiro atoms. The minimum absolute atomic E-state index is 0.0256. The van der Waals surface area contributed by atoms with Gasteiger partial charge in [0.15, 0.2) is 0 Å². The first kappa shape index (κ1) is 20.6. The van der Waals surface area contributed by atoms with Gasteiger partial charge in [-0.15, -0.1) is 0 Å². The summed E-state index contributed by atoms with van der Waals surface area (Å²) < 4.78 is 40.7. The second-order valence-electron chi connectivity index (χ2n) is 6.52. The zero-order valence-corrected chi connectivity index (χ0v) is 16.7. The van der Waals surface area contributed by atoms with Gasteiger partial charge in [-0.05, 0) is 49.2 Å². The van der Waals surface area contributed by atoms with Gasteiger partial charge < -0.3 is 10.6 Å². The second kappa shape index (κ2) is 8.89. The molecule has 1 amide bonds. The molecule has 3 rings (SSSR count). The largest absolute Gasteiger partial charge is 0.376 e. The highest BCUT2D eigenvalue weighted by atomic mass is 35.5. The summed E-state index contributed by atoms with van der Waals surface area (Å²) in [5.74, 6) is -1.10. The number of hydrogen-bond acceptors (Lipinski definition) is 4. The summed E-state index contributed by atoms with van der Waals surface area (Å²) in [5, 5.41) is 5.55. The zero-order valence-electron chi connectivity index (χ0n) is 15.1. The molecule has 150 valence electrons. The van der Waals surface area contributed by atoms with E-state index in [1.54, 1.807) is 12.1 Å². The van der Waals surface area contributed by atoms with Crippen LogP contribution in [0, 0.1) is 5.82 Å². The molecule has 0 saturated carbocycles. The standard InChI is InChI=1S/C19H21ClFN3O3S/c20-14-7-8-18(17(21)11-14)23-19(25)13-22-15-5-4-6-16(12-15)28(26,27)24-9-2-1-3-10-24/h4-8,11-12,22H,1-3,9-10,13H2,(H,23,25). The molecule has 2 aromatic carbocycles. The minimum Gasteiger partial charge on any atom is -0.376 e. The lowest BCUT2D eigenvalue weighted by Crippen LogP contribution is -2.35. The average Bonchev–Trinajstić information content (AvgIpc) is 2.69. The molecule has 1 aliphatic heterocycles. The third kappa shape index (κ3) is 5.01. The fraction of sp³-hybridized carbons (Fsp3) is 0.316. The Balaban J connectivity index is 1.63. The van der Waals surface area contributed by atoms with Crippen LogP contribution in [0.1, 0.15) is 19.3 Å². The lowest BCUT2D eigenvalue weighted by atomic mass is 10.2. The Bertz CT molecular complexity index is 963. The van der Waals surface area contributed by atoms with Gasteiger partial charge in [0.1, 0.15) is 5.82 Å². The molecule has 1 aliphatic rings. The Morgan fingerprint density at radius 3 is 2.57 bits per heavy atom. The normalized spacial score (nSPS) is 15.2. The fourth-order valence-corrected chi connectivity index (χ4v) is 4.71. The van der Waals surface area contributed by atoms with Crippen LogP contribution in [0.5, 0.6) is 0 Å². The van der Waals surface area contributed by atoms with Crippen molar-refractivity contribution in [1.29, 1.82) is 0 Å². The second-order valence-corrected chi connectivity index (χ2v) is 8.89. The van der Waals surface area contributed by atoms with Crippen molar-refractivity contribution in [2.75, 3.05) is 30.3 Å². The van der Waals surface area contributed by atoms with Crippen molar-refractivity contribution in [2.45, 2.75) is 24.2 Å². The van der Waals surface area contributed by atoms with Gasteiger partial charge >= 0.3 is 0 Å². The highest BCUT2D eigenvalue weighted by Gasteiger charge is 2.26. The van der Waals surface area contributed by atoms with Gasteiger partial charge in [0, 0.05) is 23.8 Å². The maximum Gasteiger partial charge on any atom is 0.243 e. The van der Waals surface area contributed by atoms with Crippen LogP contribution in [0.2, 0.25) is 5.02 Å². The van der Waals surface area contributed by atoms with Crippen molar-refractivity contribution >= 4 is 38.9 Å². The first-order chi connectivity index (χ1) is 13.4. The number of carbonyl (C=O) groups excluding carboxylic acids is 1. The van der Waals surface area contributed by atoms with E-state index in [4.69, 9.17) is 11.6 Å². The lowest BCUT2D eigenvalue weighted by molar-refractivity contribution is -0.114. The zero-order chi connectivity index (χ0) is 20.1. The first-order valence-corrected chi connectivity index (χ1v) is 10.8. The average molecular weight is 426 g/mol. The van der Waals surface area contributed by atoms with Gasteiger partial charge in [0.2, 0.25) is 15.9 Å². The Hall–Kier alpha value is -2.16.